The van der Waals surface area contributed by atoms with Crippen molar-refractivity contribution in [2.45, 2.75) is 87.7 Å². The van der Waals surface area contributed by atoms with Crippen LogP contribution in [0, 0.1) is 22.7 Å². The van der Waals surface area contributed by atoms with Gasteiger partial charge in [-0.2, -0.15) is 0 Å². The lowest BCUT2D eigenvalue weighted by Gasteiger charge is -2.62. The van der Waals surface area contributed by atoms with Gasteiger partial charge in [0.2, 0.25) is 0 Å². The van der Waals surface area contributed by atoms with Crippen molar-refractivity contribution < 1.29 is 33.7 Å². The van der Waals surface area contributed by atoms with Crippen molar-refractivity contribution in [2.24, 2.45) is 22.7 Å². The van der Waals surface area contributed by atoms with Gasteiger partial charge in [0.1, 0.15) is 12.4 Å². The fourth-order valence-corrected chi connectivity index (χ4v) is 10.2. The van der Waals surface area contributed by atoms with Gasteiger partial charge in [-0.15, -0.1) is 0 Å². The van der Waals surface area contributed by atoms with Crippen LogP contribution in [0.15, 0.2) is 66.4 Å². The second-order valence-corrected chi connectivity index (χ2v) is 14.9. The molecule has 0 bridgehead atoms. The van der Waals surface area contributed by atoms with Crippen molar-refractivity contribution in [3.8, 4) is 0 Å². The van der Waals surface area contributed by atoms with Crippen LogP contribution in [0.4, 0.5) is 15.9 Å². The number of allylic oxidation sites excluding steroid dienone is 4. The SMILES string of the molecule is CNc1ccc(C2(Nc3ccc([C@@H]4O[C@@H]5C[C@H]6[C@@H]7CCC8=CC(=O)C=C[C@]8(C)[C@@]7(F)[C@@H](O)C[C@]6(C)[C@]5(C(=O)CO)O4)cn3)CC2)cc1. The minimum absolute atomic E-state index is 0.0495. The summed E-state index contributed by atoms with van der Waals surface area (Å²) in [6, 6.07) is 12.1. The van der Waals surface area contributed by atoms with Crippen LogP contribution in [0.2, 0.25) is 0 Å². The van der Waals surface area contributed by atoms with Crippen molar-refractivity contribution in [3.63, 3.8) is 0 Å². The molecule has 248 valence electrons. The molecule has 4 saturated carbocycles. The maximum atomic E-state index is 17.6. The fourth-order valence-electron chi connectivity index (χ4n) is 10.2. The Bertz CT molecular complexity index is 1690. The smallest absolute Gasteiger partial charge is 0.193 e. The number of nitrogens with zero attached hydrogens (tertiary/aromatic N) is 1. The van der Waals surface area contributed by atoms with Crippen LogP contribution in [0.3, 0.4) is 0 Å². The van der Waals surface area contributed by atoms with Crippen molar-refractivity contribution >= 4 is 23.1 Å². The molecule has 6 aliphatic rings. The van der Waals surface area contributed by atoms with Crippen LogP contribution in [0.25, 0.3) is 0 Å². The largest absolute Gasteiger partial charge is 0.390 e. The summed E-state index contributed by atoms with van der Waals surface area (Å²) in [5.74, 6) is -0.945. The molecule has 1 aromatic carbocycles. The summed E-state index contributed by atoms with van der Waals surface area (Å²) in [5.41, 5.74) is -2.34. The Hall–Kier alpha value is -3.44. The van der Waals surface area contributed by atoms with Gasteiger partial charge in [0.05, 0.1) is 17.7 Å². The number of fused-ring (bicyclic) bond motifs is 7. The zero-order valence-corrected chi connectivity index (χ0v) is 27.0. The first-order valence-corrected chi connectivity index (χ1v) is 16.8. The average Bonchev–Trinajstić information content (AvgIpc) is 3.68. The highest BCUT2D eigenvalue weighted by Crippen LogP contribution is 2.72. The standard InChI is InChI=1S/C37H42FN3O6/c1-33-13-12-25(43)16-23(33)7-10-26-27-17-30-37(29(45)20-42,34(27,2)18-28(44)36(26,33)38)47-32(46-30)21-4-11-31(40-19-21)41-35(14-15-35)22-5-8-24(39-3)9-6-22/h4-6,8-9,11-13,16,19,26-28,30,32,39,42,44H,7,10,14-15,17-18,20H2,1-3H3,(H,40,41)/t26-,27-,28-,30+,32+,33-,34-,36-,37+/m0/s1. The van der Waals surface area contributed by atoms with E-state index in [0.29, 0.717) is 36.2 Å². The van der Waals surface area contributed by atoms with E-state index in [4.69, 9.17) is 9.47 Å². The number of carbonyl (C=O) groups excluding carboxylic acids is 2. The van der Waals surface area contributed by atoms with Gasteiger partial charge in [-0.1, -0.05) is 30.7 Å². The lowest BCUT2D eigenvalue weighted by Crippen LogP contribution is -2.69. The van der Waals surface area contributed by atoms with Crippen molar-refractivity contribution in [2.75, 3.05) is 24.3 Å². The number of aliphatic hydroxyl groups excluding tert-OH is 2. The predicted molar refractivity (Wildman–Crippen MR) is 172 cm³/mol. The van der Waals surface area contributed by atoms with E-state index in [1.807, 2.05) is 26.1 Å². The van der Waals surface area contributed by atoms with E-state index in [1.165, 1.54) is 17.7 Å². The molecule has 0 unspecified atom stereocenters. The topological polar surface area (TPSA) is 130 Å². The first kappa shape index (κ1) is 30.9. The number of carbonyl (C=O) groups is 2. The Morgan fingerprint density at radius 2 is 1.89 bits per heavy atom. The molecule has 8 rings (SSSR count). The number of halogens is 1. The zero-order valence-electron chi connectivity index (χ0n) is 27.0. The highest BCUT2D eigenvalue weighted by atomic mass is 19.1. The summed E-state index contributed by atoms with van der Waals surface area (Å²) in [4.78, 5) is 30.7. The number of anilines is 2. The van der Waals surface area contributed by atoms with E-state index < -0.39 is 58.9 Å². The summed E-state index contributed by atoms with van der Waals surface area (Å²) in [6.07, 6.45) is 6.35. The molecule has 1 aromatic heterocycles. The molecule has 1 aliphatic heterocycles. The average molecular weight is 644 g/mol. The molecular formula is C37H42FN3O6. The number of aliphatic hydroxyl groups is 2. The Kier molecular flexibility index (Phi) is 6.75. The van der Waals surface area contributed by atoms with Crippen molar-refractivity contribution in [1.82, 2.24) is 4.98 Å². The van der Waals surface area contributed by atoms with Crippen LogP contribution >= 0.6 is 0 Å². The number of rotatable bonds is 7. The summed E-state index contributed by atoms with van der Waals surface area (Å²) in [6.45, 7) is 2.89. The van der Waals surface area contributed by atoms with Crippen LogP contribution in [-0.4, -0.2) is 63.9 Å². The molecule has 0 radical (unpaired) electrons. The quantitative estimate of drug-likeness (QED) is 0.332. The Balaban J connectivity index is 1.06. The highest BCUT2D eigenvalue weighted by Gasteiger charge is 2.79. The molecule has 1 saturated heterocycles. The third kappa shape index (κ3) is 4.05. The normalized spacial score (nSPS) is 40.9. The maximum Gasteiger partial charge on any atom is 0.193 e. The monoisotopic (exact) mass is 643 g/mol. The number of Topliss-reactive ketones (excluding diaryl/α,β-unsaturated/α-hetero) is 1. The van der Waals surface area contributed by atoms with Crippen molar-refractivity contribution in [1.29, 1.82) is 0 Å². The molecule has 10 heteroatoms. The second kappa shape index (κ2) is 10.3. The van der Waals surface area contributed by atoms with Gasteiger partial charge in [0.15, 0.2) is 29.1 Å². The van der Waals surface area contributed by atoms with E-state index in [2.05, 4.69) is 39.9 Å². The number of hydrogen-bond acceptors (Lipinski definition) is 9. The van der Waals surface area contributed by atoms with Crippen LogP contribution in [-0.2, 0) is 24.6 Å². The third-order valence-electron chi connectivity index (χ3n) is 12.8. The third-order valence-corrected chi connectivity index (χ3v) is 12.8. The Morgan fingerprint density at radius 3 is 2.55 bits per heavy atom. The molecule has 2 aromatic rings. The first-order valence-electron chi connectivity index (χ1n) is 16.8. The molecule has 0 amide bonds. The van der Waals surface area contributed by atoms with E-state index in [-0.39, 0.29) is 23.7 Å². The summed E-state index contributed by atoms with van der Waals surface area (Å²) in [5, 5.41) is 28.7. The summed E-state index contributed by atoms with van der Waals surface area (Å²) < 4.78 is 30.7. The number of aromatic nitrogens is 1. The molecule has 4 N–H and O–H groups in total. The highest BCUT2D eigenvalue weighted by molar-refractivity contribution is 6.01. The van der Waals surface area contributed by atoms with Crippen LogP contribution in [0.1, 0.15) is 69.8 Å². The summed E-state index contributed by atoms with van der Waals surface area (Å²) in [7, 11) is 1.90. The number of pyridine rings is 1. The van der Waals surface area contributed by atoms with Crippen LogP contribution < -0.4 is 10.6 Å². The second-order valence-electron chi connectivity index (χ2n) is 14.9. The van der Waals surface area contributed by atoms with Gasteiger partial charge >= 0.3 is 0 Å². The van der Waals surface area contributed by atoms with E-state index in [0.717, 1.165) is 18.5 Å². The molecule has 5 aliphatic carbocycles. The minimum Gasteiger partial charge on any atom is -0.390 e. The molecule has 2 heterocycles. The Labute approximate surface area is 273 Å². The molecule has 9 atom stereocenters. The number of ether oxygens (including phenoxy) is 2. The number of hydrogen-bond donors (Lipinski definition) is 4. The van der Waals surface area contributed by atoms with E-state index in [9.17, 15) is 19.8 Å². The first-order chi connectivity index (χ1) is 22.4. The molecule has 0 spiro atoms. The van der Waals surface area contributed by atoms with E-state index >= 15 is 4.39 Å². The minimum atomic E-state index is -2.04. The number of ketones is 2. The number of nitrogens with one attached hydrogen (secondary N) is 2. The lowest BCUT2D eigenvalue weighted by molar-refractivity contribution is -0.231. The molecular weight excluding hydrogens is 601 g/mol. The van der Waals surface area contributed by atoms with Gasteiger partial charge < -0.3 is 30.3 Å². The fraction of sp³-hybridized carbons (Fsp3) is 0.541. The van der Waals surface area contributed by atoms with Gasteiger partial charge in [0, 0.05) is 41.2 Å². The predicted octanol–water partition coefficient (Wildman–Crippen LogP) is 4.92. The number of benzene rings is 1. The van der Waals surface area contributed by atoms with Gasteiger partial charge in [0.25, 0.3) is 0 Å². The lowest BCUT2D eigenvalue weighted by atomic mass is 9.44. The van der Waals surface area contributed by atoms with Gasteiger partial charge in [-0.05, 0) is 93.3 Å². The number of alkyl halides is 1. The van der Waals surface area contributed by atoms with Gasteiger partial charge in [-0.3, -0.25) is 9.59 Å². The molecule has 9 nitrogen and oxygen atoms in total. The zero-order chi connectivity index (χ0) is 33.0. The van der Waals surface area contributed by atoms with Crippen LogP contribution in [0.5, 0.6) is 0 Å². The Morgan fingerprint density at radius 1 is 1.13 bits per heavy atom. The summed E-state index contributed by atoms with van der Waals surface area (Å²) >= 11 is 0. The molecule has 5 fully saturated rings. The van der Waals surface area contributed by atoms with Crippen molar-refractivity contribution in [3.05, 3.63) is 77.5 Å². The maximum absolute atomic E-state index is 17.6. The molecule has 47 heavy (non-hydrogen) atoms. The van der Waals surface area contributed by atoms with E-state index in [1.54, 1.807) is 19.2 Å². The van der Waals surface area contributed by atoms with Gasteiger partial charge in [-0.25, -0.2) is 9.37 Å².